The number of hydrogen-bond acceptors (Lipinski definition) is 5. The Kier molecular flexibility index (Phi) is 5.67. The molecule has 4 rings (SSSR count). The van der Waals surface area contributed by atoms with E-state index < -0.39 is 18.1 Å². The lowest BCUT2D eigenvalue weighted by Gasteiger charge is -2.35. The van der Waals surface area contributed by atoms with Crippen molar-refractivity contribution in [1.82, 2.24) is 15.2 Å². The maximum absolute atomic E-state index is 13.6. The smallest absolute Gasteiger partial charge is 0.354 e. The highest BCUT2D eigenvalue weighted by Gasteiger charge is 2.49. The second kappa shape index (κ2) is 8.14. The van der Waals surface area contributed by atoms with Crippen molar-refractivity contribution in [1.29, 1.82) is 0 Å². The number of hydrogen-bond donors (Lipinski definition) is 1. The predicted molar refractivity (Wildman–Crippen MR) is 112 cm³/mol. The number of anilines is 1. The summed E-state index contributed by atoms with van der Waals surface area (Å²) in [6.07, 6.45) is -2.55. The first-order valence-electron chi connectivity index (χ1n) is 10.1. The number of rotatable bonds is 5. The van der Waals surface area contributed by atoms with E-state index in [9.17, 15) is 22.8 Å². The van der Waals surface area contributed by atoms with Crippen molar-refractivity contribution in [3.63, 3.8) is 0 Å². The maximum atomic E-state index is 13.6. The van der Waals surface area contributed by atoms with Gasteiger partial charge in [0.05, 0.1) is 10.9 Å². The Bertz CT molecular complexity index is 977. The van der Waals surface area contributed by atoms with Gasteiger partial charge in [0, 0.05) is 26.7 Å². The number of benzene rings is 1. The molecule has 1 N–H and O–H groups in total. The van der Waals surface area contributed by atoms with Gasteiger partial charge < -0.3 is 15.1 Å². The van der Waals surface area contributed by atoms with Gasteiger partial charge in [-0.1, -0.05) is 41.7 Å². The zero-order valence-electron chi connectivity index (χ0n) is 17.1. The lowest BCUT2D eigenvalue weighted by Crippen LogP contribution is -2.52. The van der Waals surface area contributed by atoms with Crippen molar-refractivity contribution in [2.24, 2.45) is 5.92 Å². The first kappa shape index (κ1) is 21.6. The monoisotopic (exact) mass is 452 g/mol. The van der Waals surface area contributed by atoms with E-state index in [0.29, 0.717) is 10.8 Å². The van der Waals surface area contributed by atoms with Crippen LogP contribution in [0.3, 0.4) is 0 Å². The highest BCUT2D eigenvalue weighted by Crippen LogP contribution is 2.44. The molecule has 6 nitrogen and oxygen atoms in total. The van der Waals surface area contributed by atoms with E-state index in [1.807, 2.05) is 54.6 Å². The molecule has 0 radical (unpaired) electrons. The number of nitrogens with zero attached hydrogens (tertiary/aromatic N) is 3. The number of nitrogens with one attached hydrogen (secondary N) is 1. The summed E-state index contributed by atoms with van der Waals surface area (Å²) >= 11 is 1.40. The standard InChI is InChI=1S/C21H23F3N4O2S/c1-27(2)20-26-16(17(31-20)12-6-4-3-5-7-12)18(29)28-14-9-8-13(10-14)15(28)11-25-19(30)21(22,23)24/h3-7,13-15H,8-11H2,1-2H3,(H,25,30)/t13-,14+,15+/m0/s1. The molecule has 10 heteroatoms. The lowest BCUT2D eigenvalue weighted by molar-refractivity contribution is -0.173. The van der Waals surface area contributed by atoms with E-state index in [1.165, 1.54) is 11.3 Å². The molecule has 1 aliphatic carbocycles. The summed E-state index contributed by atoms with van der Waals surface area (Å²) in [5.74, 6) is -2.19. The Morgan fingerprint density at radius 2 is 1.94 bits per heavy atom. The van der Waals surface area contributed by atoms with Crippen LogP contribution in [0.2, 0.25) is 0 Å². The third kappa shape index (κ3) is 4.13. The van der Waals surface area contributed by atoms with Gasteiger partial charge in [0.2, 0.25) is 0 Å². The molecular formula is C21H23F3N4O2S. The van der Waals surface area contributed by atoms with E-state index in [1.54, 1.807) is 4.90 Å². The number of amides is 2. The van der Waals surface area contributed by atoms with Gasteiger partial charge in [-0.3, -0.25) is 9.59 Å². The van der Waals surface area contributed by atoms with Crippen LogP contribution in [0.15, 0.2) is 30.3 Å². The van der Waals surface area contributed by atoms with Crippen LogP contribution in [0, 0.1) is 5.92 Å². The fourth-order valence-electron chi connectivity index (χ4n) is 4.52. The van der Waals surface area contributed by atoms with Gasteiger partial charge in [0.1, 0.15) is 5.69 Å². The molecule has 0 spiro atoms. The molecule has 166 valence electrons. The Morgan fingerprint density at radius 3 is 2.58 bits per heavy atom. The SMILES string of the molecule is CN(C)c1nc(C(=O)N2[C@@H]3CC[C@@H](C3)[C@H]2CNC(=O)C(F)(F)F)c(-c2ccccc2)s1. The molecule has 1 aromatic heterocycles. The van der Waals surface area contributed by atoms with Crippen LogP contribution in [0.25, 0.3) is 10.4 Å². The fourth-order valence-corrected chi connectivity index (χ4v) is 5.51. The summed E-state index contributed by atoms with van der Waals surface area (Å²) in [4.78, 5) is 33.8. The lowest BCUT2D eigenvalue weighted by atomic mass is 9.98. The summed E-state index contributed by atoms with van der Waals surface area (Å²) in [6.45, 7) is -0.212. The Morgan fingerprint density at radius 1 is 1.23 bits per heavy atom. The van der Waals surface area contributed by atoms with Crippen molar-refractivity contribution >= 4 is 28.3 Å². The number of fused-ring (bicyclic) bond motifs is 2. The molecular weight excluding hydrogens is 429 g/mol. The van der Waals surface area contributed by atoms with Crippen LogP contribution >= 0.6 is 11.3 Å². The van der Waals surface area contributed by atoms with Gasteiger partial charge in [-0.25, -0.2) is 4.98 Å². The molecule has 2 fully saturated rings. The molecule has 2 aliphatic rings. The summed E-state index contributed by atoms with van der Waals surface area (Å²) < 4.78 is 37.9. The van der Waals surface area contributed by atoms with E-state index in [0.717, 1.165) is 29.7 Å². The van der Waals surface area contributed by atoms with E-state index in [4.69, 9.17) is 0 Å². The van der Waals surface area contributed by atoms with E-state index >= 15 is 0 Å². The molecule has 2 aromatic rings. The van der Waals surface area contributed by atoms with Gasteiger partial charge in [0.15, 0.2) is 5.13 Å². The second-order valence-corrected chi connectivity index (χ2v) is 9.13. The van der Waals surface area contributed by atoms with E-state index in [2.05, 4.69) is 4.98 Å². The number of likely N-dealkylation sites (tertiary alicyclic amines) is 1. The zero-order valence-corrected chi connectivity index (χ0v) is 18.0. The number of piperidine rings is 1. The number of alkyl halides is 3. The number of carbonyl (C=O) groups is 2. The van der Waals surface area contributed by atoms with Gasteiger partial charge >= 0.3 is 12.1 Å². The van der Waals surface area contributed by atoms with Crippen molar-refractivity contribution in [3.05, 3.63) is 36.0 Å². The Balaban J connectivity index is 1.64. The minimum Gasteiger partial charge on any atom is -0.354 e. The van der Waals surface area contributed by atoms with Gasteiger partial charge in [0.25, 0.3) is 5.91 Å². The molecule has 0 unspecified atom stereocenters. The van der Waals surface area contributed by atoms with Crippen LogP contribution in [-0.2, 0) is 4.79 Å². The average molecular weight is 453 g/mol. The third-order valence-electron chi connectivity index (χ3n) is 5.94. The van der Waals surface area contributed by atoms with Crippen LogP contribution in [0.1, 0.15) is 29.8 Å². The maximum Gasteiger partial charge on any atom is 0.471 e. The van der Waals surface area contributed by atoms with Crippen LogP contribution < -0.4 is 10.2 Å². The molecule has 2 bridgehead atoms. The summed E-state index contributed by atoms with van der Waals surface area (Å²) in [5.41, 5.74) is 1.17. The predicted octanol–water partition coefficient (Wildman–Crippen LogP) is 3.55. The molecule has 31 heavy (non-hydrogen) atoms. The van der Waals surface area contributed by atoms with Crippen molar-refractivity contribution in [3.8, 4) is 10.4 Å². The third-order valence-corrected chi connectivity index (χ3v) is 7.21. The van der Waals surface area contributed by atoms with Crippen LogP contribution in [0.4, 0.5) is 18.3 Å². The molecule has 1 saturated heterocycles. The second-order valence-electron chi connectivity index (χ2n) is 8.15. The highest BCUT2D eigenvalue weighted by atomic mass is 32.1. The largest absolute Gasteiger partial charge is 0.471 e. The van der Waals surface area contributed by atoms with E-state index in [-0.39, 0.29) is 24.4 Å². The van der Waals surface area contributed by atoms with Gasteiger partial charge in [-0.15, -0.1) is 0 Å². The van der Waals surface area contributed by atoms with Gasteiger partial charge in [-0.2, -0.15) is 13.2 Å². The number of thiazole rings is 1. The van der Waals surface area contributed by atoms with Crippen molar-refractivity contribution in [2.45, 2.75) is 37.5 Å². The topological polar surface area (TPSA) is 65.5 Å². The average Bonchev–Trinajstić information content (AvgIpc) is 3.45. The highest BCUT2D eigenvalue weighted by molar-refractivity contribution is 7.19. The van der Waals surface area contributed by atoms with Crippen LogP contribution in [0.5, 0.6) is 0 Å². The van der Waals surface area contributed by atoms with Crippen molar-refractivity contribution in [2.75, 3.05) is 25.5 Å². The zero-order chi connectivity index (χ0) is 22.3. The van der Waals surface area contributed by atoms with Crippen molar-refractivity contribution < 1.29 is 22.8 Å². The summed E-state index contributed by atoms with van der Waals surface area (Å²) in [6, 6.07) is 8.95. The first-order chi connectivity index (χ1) is 14.7. The Labute approximate surface area is 182 Å². The molecule has 2 amide bonds. The molecule has 1 aliphatic heterocycles. The first-order valence-corrected chi connectivity index (χ1v) is 10.9. The molecule has 1 aromatic carbocycles. The summed E-state index contributed by atoms with van der Waals surface area (Å²) in [5, 5.41) is 2.65. The minimum absolute atomic E-state index is 0.0431. The number of aromatic nitrogens is 1. The summed E-state index contributed by atoms with van der Waals surface area (Å²) in [7, 11) is 3.68. The fraction of sp³-hybridized carbons (Fsp3) is 0.476. The quantitative estimate of drug-likeness (QED) is 0.754. The minimum atomic E-state index is -4.94. The normalized spacial score (nSPS) is 22.6. The molecule has 2 heterocycles. The Hall–Kier alpha value is -2.62. The number of carbonyl (C=O) groups excluding carboxylic acids is 2. The molecule has 3 atom stereocenters. The molecule has 1 saturated carbocycles. The van der Waals surface area contributed by atoms with Crippen LogP contribution in [-0.4, -0.2) is 60.6 Å². The number of halogens is 3. The van der Waals surface area contributed by atoms with Gasteiger partial charge in [-0.05, 0) is 30.7 Å².